The number of hydrogen-bond donors (Lipinski definition) is 2. The van der Waals surface area contributed by atoms with Crippen LogP contribution in [0, 0.1) is 5.92 Å². The van der Waals surface area contributed by atoms with Gasteiger partial charge in [-0.3, -0.25) is 9.52 Å². The van der Waals surface area contributed by atoms with E-state index in [1.54, 1.807) is 6.07 Å². The second-order valence-corrected chi connectivity index (χ2v) is 9.49. The summed E-state index contributed by atoms with van der Waals surface area (Å²) in [4.78, 5) is 29.2. The molecule has 138 valence electrons. The first-order chi connectivity index (χ1) is 11.5. The normalized spacial score (nSPS) is 16.5. The Kier molecular flexibility index (Phi) is 5.36. The van der Waals surface area contributed by atoms with Gasteiger partial charge in [-0.2, -0.15) is 0 Å². The van der Waals surface area contributed by atoms with E-state index >= 15 is 0 Å². The van der Waals surface area contributed by atoms with Crippen molar-refractivity contribution >= 4 is 27.7 Å². The molecule has 0 saturated carbocycles. The molecule has 1 fully saturated rings. The fraction of sp³-hybridized carbons (Fsp3) is 0.562. The largest absolute Gasteiger partial charge is 0.478 e. The smallest absolute Gasteiger partial charge is 0.337 e. The van der Waals surface area contributed by atoms with Crippen molar-refractivity contribution in [3.05, 3.63) is 23.9 Å². The van der Waals surface area contributed by atoms with Gasteiger partial charge in [0, 0.05) is 25.2 Å². The Hall–Kier alpha value is -2.16. The Bertz CT molecular complexity index is 745. The molecule has 1 aliphatic rings. The second kappa shape index (κ2) is 6.99. The number of hydrogen-bond acceptors (Lipinski definition) is 6. The average molecular weight is 369 g/mol. The molecule has 9 heteroatoms. The third kappa shape index (κ3) is 4.47. The highest BCUT2D eigenvalue weighted by Crippen LogP contribution is 2.23. The predicted molar refractivity (Wildman–Crippen MR) is 92.9 cm³/mol. The molecule has 1 amide bonds. The molecule has 0 aliphatic carbocycles. The van der Waals surface area contributed by atoms with E-state index in [1.807, 2.05) is 4.90 Å². The number of nitrogens with one attached hydrogen (secondary N) is 1. The molecule has 0 atom stereocenters. The van der Waals surface area contributed by atoms with Crippen LogP contribution in [-0.2, 0) is 14.8 Å². The predicted octanol–water partition coefficient (Wildman–Crippen LogP) is 1.24. The Labute approximate surface area is 147 Å². The van der Waals surface area contributed by atoms with Gasteiger partial charge in [0.2, 0.25) is 15.9 Å². The topological polar surface area (TPSA) is 117 Å². The lowest BCUT2D eigenvalue weighted by Gasteiger charge is -2.32. The average Bonchev–Trinajstić information content (AvgIpc) is 2.53. The zero-order chi connectivity index (χ0) is 18.8. The van der Waals surface area contributed by atoms with Crippen molar-refractivity contribution in [3.8, 4) is 0 Å². The zero-order valence-corrected chi connectivity index (χ0v) is 15.3. The van der Waals surface area contributed by atoms with E-state index in [1.165, 1.54) is 33.0 Å². The fourth-order valence-electron chi connectivity index (χ4n) is 2.44. The van der Waals surface area contributed by atoms with Crippen LogP contribution in [0.5, 0.6) is 0 Å². The summed E-state index contributed by atoms with van der Waals surface area (Å²) < 4.78 is 25.3. The first-order valence-corrected chi connectivity index (χ1v) is 9.50. The SMILES string of the molecule is CC(C)(C)S(=O)(=O)NC(=O)C1CCN(c2ccc(C(=O)O)cn2)CC1. The maximum absolute atomic E-state index is 12.2. The summed E-state index contributed by atoms with van der Waals surface area (Å²) in [7, 11) is -3.71. The molecule has 1 aromatic rings. The molecule has 8 nitrogen and oxygen atoms in total. The lowest BCUT2D eigenvalue weighted by atomic mass is 9.96. The van der Waals surface area contributed by atoms with Crippen LogP contribution in [0.1, 0.15) is 44.0 Å². The molecule has 0 spiro atoms. The van der Waals surface area contributed by atoms with Gasteiger partial charge in [0.05, 0.1) is 10.3 Å². The number of aromatic carboxylic acids is 1. The van der Waals surface area contributed by atoms with Crippen molar-refractivity contribution < 1.29 is 23.1 Å². The van der Waals surface area contributed by atoms with Gasteiger partial charge in [-0.25, -0.2) is 18.2 Å². The summed E-state index contributed by atoms with van der Waals surface area (Å²) in [5.41, 5.74) is 0.116. The Morgan fingerprint density at radius 1 is 1.24 bits per heavy atom. The lowest BCUT2D eigenvalue weighted by Crippen LogP contribution is -2.47. The van der Waals surface area contributed by atoms with E-state index in [4.69, 9.17) is 5.11 Å². The van der Waals surface area contributed by atoms with Crippen LogP contribution in [0.4, 0.5) is 5.82 Å². The van der Waals surface area contributed by atoms with E-state index in [-0.39, 0.29) is 11.5 Å². The van der Waals surface area contributed by atoms with Gasteiger partial charge in [0.15, 0.2) is 0 Å². The van der Waals surface area contributed by atoms with E-state index in [0.29, 0.717) is 31.7 Å². The number of carbonyl (C=O) groups is 2. The number of carboxylic acid groups (broad SMARTS) is 1. The number of nitrogens with zero attached hydrogens (tertiary/aromatic N) is 2. The van der Waals surface area contributed by atoms with Crippen LogP contribution in [0.3, 0.4) is 0 Å². The van der Waals surface area contributed by atoms with Crippen molar-refractivity contribution in [2.45, 2.75) is 38.4 Å². The third-order valence-electron chi connectivity index (χ3n) is 4.23. The van der Waals surface area contributed by atoms with Crippen LogP contribution >= 0.6 is 0 Å². The number of carbonyl (C=O) groups excluding carboxylic acids is 1. The summed E-state index contributed by atoms with van der Waals surface area (Å²) >= 11 is 0. The first kappa shape index (κ1) is 19.2. The number of aromatic nitrogens is 1. The Morgan fingerprint density at radius 3 is 2.28 bits per heavy atom. The molecule has 0 aromatic carbocycles. The lowest BCUT2D eigenvalue weighted by molar-refractivity contribution is -0.123. The van der Waals surface area contributed by atoms with Gasteiger partial charge in [0.25, 0.3) is 0 Å². The second-order valence-electron chi connectivity index (χ2n) is 7.05. The summed E-state index contributed by atoms with van der Waals surface area (Å²) in [6.45, 7) is 5.72. The minimum absolute atomic E-state index is 0.116. The van der Waals surface area contributed by atoms with Crippen molar-refractivity contribution in [1.82, 2.24) is 9.71 Å². The molecule has 1 aromatic heterocycles. The number of rotatable bonds is 4. The standard InChI is InChI=1S/C16H23N3O5S/c1-16(2,3)25(23,24)18-14(20)11-6-8-19(9-7-11)13-5-4-12(10-17-13)15(21)22/h4-5,10-11H,6-9H2,1-3H3,(H,18,20)(H,21,22). The van der Waals surface area contributed by atoms with Crippen LogP contribution in [-0.4, -0.2) is 48.2 Å². The van der Waals surface area contributed by atoms with Gasteiger partial charge < -0.3 is 10.0 Å². The zero-order valence-electron chi connectivity index (χ0n) is 14.5. The number of carboxylic acids is 1. The summed E-state index contributed by atoms with van der Waals surface area (Å²) in [5, 5.41) is 8.88. The minimum Gasteiger partial charge on any atom is -0.478 e. The summed E-state index contributed by atoms with van der Waals surface area (Å²) in [6, 6.07) is 3.12. The third-order valence-corrected chi connectivity index (χ3v) is 6.31. The van der Waals surface area contributed by atoms with Gasteiger partial charge in [-0.05, 0) is 45.7 Å². The van der Waals surface area contributed by atoms with Crippen molar-refractivity contribution in [2.24, 2.45) is 5.92 Å². The highest BCUT2D eigenvalue weighted by molar-refractivity contribution is 7.91. The van der Waals surface area contributed by atoms with Gasteiger partial charge >= 0.3 is 5.97 Å². The summed E-state index contributed by atoms with van der Waals surface area (Å²) in [6.07, 6.45) is 2.31. The molecule has 1 aliphatic heterocycles. The molecule has 2 N–H and O–H groups in total. The molecule has 2 rings (SSSR count). The summed E-state index contributed by atoms with van der Waals surface area (Å²) in [5.74, 6) is -1.23. The number of sulfonamides is 1. The number of pyridine rings is 1. The molecular weight excluding hydrogens is 346 g/mol. The molecule has 1 saturated heterocycles. The molecule has 0 unspecified atom stereocenters. The Morgan fingerprint density at radius 2 is 1.84 bits per heavy atom. The van der Waals surface area contributed by atoms with Crippen molar-refractivity contribution in [2.75, 3.05) is 18.0 Å². The van der Waals surface area contributed by atoms with E-state index in [2.05, 4.69) is 9.71 Å². The molecule has 25 heavy (non-hydrogen) atoms. The van der Waals surface area contributed by atoms with Gasteiger partial charge in [0.1, 0.15) is 5.82 Å². The Balaban J connectivity index is 1.95. The van der Waals surface area contributed by atoms with E-state index in [0.717, 1.165) is 0 Å². The highest BCUT2D eigenvalue weighted by Gasteiger charge is 2.34. The van der Waals surface area contributed by atoms with Crippen LogP contribution in [0.15, 0.2) is 18.3 Å². The number of piperidine rings is 1. The fourth-order valence-corrected chi connectivity index (χ4v) is 3.18. The molecule has 2 heterocycles. The number of amides is 1. The highest BCUT2D eigenvalue weighted by atomic mass is 32.2. The van der Waals surface area contributed by atoms with E-state index in [9.17, 15) is 18.0 Å². The quantitative estimate of drug-likeness (QED) is 0.820. The first-order valence-electron chi connectivity index (χ1n) is 8.02. The maximum Gasteiger partial charge on any atom is 0.337 e. The molecular formula is C16H23N3O5S. The number of anilines is 1. The minimum atomic E-state index is -3.71. The molecule has 0 radical (unpaired) electrons. The van der Waals surface area contributed by atoms with Crippen LogP contribution in [0.25, 0.3) is 0 Å². The van der Waals surface area contributed by atoms with Crippen molar-refractivity contribution in [1.29, 1.82) is 0 Å². The van der Waals surface area contributed by atoms with Crippen molar-refractivity contribution in [3.63, 3.8) is 0 Å². The van der Waals surface area contributed by atoms with Gasteiger partial charge in [-0.1, -0.05) is 0 Å². The molecule has 0 bridgehead atoms. The monoisotopic (exact) mass is 369 g/mol. The maximum atomic E-state index is 12.2. The van der Waals surface area contributed by atoms with Crippen LogP contribution < -0.4 is 9.62 Å². The van der Waals surface area contributed by atoms with E-state index < -0.39 is 26.6 Å². The van der Waals surface area contributed by atoms with Crippen LogP contribution in [0.2, 0.25) is 0 Å². The van der Waals surface area contributed by atoms with Gasteiger partial charge in [-0.15, -0.1) is 0 Å².